The molecule has 0 aromatic carbocycles. The first-order chi connectivity index (χ1) is 6.59. The number of halogens is 1. The zero-order valence-corrected chi connectivity index (χ0v) is 10.9. The molecule has 15 heavy (non-hydrogen) atoms. The summed E-state index contributed by atoms with van der Waals surface area (Å²) in [5, 5.41) is 0. The molecule has 1 aliphatic heterocycles. The molecular weight excluding hydrogens is 212 g/mol. The molecule has 0 aromatic heterocycles. The van der Waals surface area contributed by atoms with Crippen LogP contribution in [0.3, 0.4) is 0 Å². The minimum atomic E-state index is 0. The third kappa shape index (κ3) is 5.71. The maximum Gasteiger partial charge on any atom is 0.0596 e. The van der Waals surface area contributed by atoms with Crippen molar-refractivity contribution < 1.29 is 4.74 Å². The molecule has 4 heteroatoms. The van der Waals surface area contributed by atoms with Crippen LogP contribution in [-0.4, -0.2) is 43.3 Å². The normalized spacial score (nSPS) is 27.8. The van der Waals surface area contributed by atoms with Gasteiger partial charge >= 0.3 is 0 Å². The van der Waals surface area contributed by atoms with Crippen molar-refractivity contribution in [3.05, 3.63) is 0 Å². The van der Waals surface area contributed by atoms with Gasteiger partial charge in [-0.25, -0.2) is 0 Å². The van der Waals surface area contributed by atoms with E-state index in [0.29, 0.717) is 18.1 Å². The average molecular weight is 237 g/mol. The van der Waals surface area contributed by atoms with Crippen molar-refractivity contribution in [2.75, 3.05) is 26.2 Å². The van der Waals surface area contributed by atoms with Crippen molar-refractivity contribution in [1.29, 1.82) is 0 Å². The summed E-state index contributed by atoms with van der Waals surface area (Å²) in [5.41, 5.74) is 5.96. The van der Waals surface area contributed by atoms with Crippen LogP contribution in [0.25, 0.3) is 0 Å². The standard InChI is InChI=1S/C11H24N2O.ClH/c1-9(2)14-7-6-13-5-4-11(12)10(3)8-13;/h9-11H,4-8,12H2,1-3H3;1H. The molecule has 2 unspecified atom stereocenters. The van der Waals surface area contributed by atoms with Crippen molar-refractivity contribution in [3.8, 4) is 0 Å². The van der Waals surface area contributed by atoms with Crippen LogP contribution < -0.4 is 5.73 Å². The van der Waals surface area contributed by atoms with Crippen LogP contribution in [0.1, 0.15) is 27.2 Å². The Morgan fingerprint density at radius 1 is 1.47 bits per heavy atom. The van der Waals surface area contributed by atoms with Crippen molar-refractivity contribution in [3.63, 3.8) is 0 Å². The number of nitrogens with two attached hydrogens (primary N) is 1. The molecule has 1 rings (SSSR count). The summed E-state index contributed by atoms with van der Waals surface area (Å²) in [6, 6.07) is 0.400. The molecule has 0 spiro atoms. The van der Waals surface area contributed by atoms with Crippen LogP contribution in [0.15, 0.2) is 0 Å². The van der Waals surface area contributed by atoms with Crippen molar-refractivity contribution in [2.45, 2.75) is 39.3 Å². The van der Waals surface area contributed by atoms with Crippen LogP contribution in [0.2, 0.25) is 0 Å². The number of likely N-dealkylation sites (tertiary alicyclic amines) is 1. The molecule has 1 aliphatic rings. The Labute approximate surface area is 99.7 Å². The number of hydrogen-bond donors (Lipinski definition) is 1. The van der Waals surface area contributed by atoms with Gasteiger partial charge in [0, 0.05) is 19.1 Å². The van der Waals surface area contributed by atoms with E-state index in [1.165, 1.54) is 0 Å². The highest BCUT2D eigenvalue weighted by Crippen LogP contribution is 2.14. The average Bonchev–Trinajstić information content (AvgIpc) is 2.10. The van der Waals surface area contributed by atoms with Gasteiger partial charge in [0.05, 0.1) is 12.7 Å². The lowest BCUT2D eigenvalue weighted by atomic mass is 9.95. The van der Waals surface area contributed by atoms with Gasteiger partial charge in [0.2, 0.25) is 0 Å². The summed E-state index contributed by atoms with van der Waals surface area (Å²) in [4.78, 5) is 2.45. The number of nitrogens with zero attached hydrogens (tertiary/aromatic N) is 1. The minimum Gasteiger partial charge on any atom is -0.377 e. The molecule has 0 bridgehead atoms. The number of hydrogen-bond acceptors (Lipinski definition) is 3. The fourth-order valence-corrected chi connectivity index (χ4v) is 1.87. The van der Waals surface area contributed by atoms with Crippen molar-refractivity contribution in [1.82, 2.24) is 4.90 Å². The predicted octanol–water partition coefficient (Wildman–Crippen LogP) is 1.50. The molecular formula is C11H25ClN2O. The molecule has 2 N–H and O–H groups in total. The summed E-state index contributed by atoms with van der Waals surface area (Å²) in [6.07, 6.45) is 1.47. The maximum absolute atomic E-state index is 5.96. The zero-order chi connectivity index (χ0) is 10.6. The predicted molar refractivity (Wildman–Crippen MR) is 66.5 cm³/mol. The Kier molecular flexibility index (Phi) is 7.53. The van der Waals surface area contributed by atoms with Gasteiger partial charge in [-0.2, -0.15) is 0 Å². The first kappa shape index (κ1) is 15.2. The third-order valence-corrected chi connectivity index (χ3v) is 2.91. The second-order valence-electron chi connectivity index (χ2n) is 4.65. The maximum atomic E-state index is 5.96. The highest BCUT2D eigenvalue weighted by atomic mass is 35.5. The van der Waals surface area contributed by atoms with Crippen LogP contribution in [-0.2, 0) is 4.74 Å². The molecule has 1 saturated heterocycles. The van der Waals surface area contributed by atoms with E-state index in [-0.39, 0.29) is 12.4 Å². The van der Waals surface area contributed by atoms with E-state index in [0.717, 1.165) is 32.7 Å². The largest absolute Gasteiger partial charge is 0.377 e. The molecule has 1 fully saturated rings. The van der Waals surface area contributed by atoms with Gasteiger partial charge in [-0.1, -0.05) is 6.92 Å². The quantitative estimate of drug-likeness (QED) is 0.804. The lowest BCUT2D eigenvalue weighted by Crippen LogP contribution is -2.46. The minimum absolute atomic E-state index is 0. The Morgan fingerprint density at radius 2 is 2.13 bits per heavy atom. The summed E-state index contributed by atoms with van der Waals surface area (Å²) in [6.45, 7) is 10.5. The Morgan fingerprint density at radius 3 is 2.67 bits per heavy atom. The summed E-state index contributed by atoms with van der Waals surface area (Å²) < 4.78 is 5.53. The number of ether oxygens (including phenoxy) is 1. The zero-order valence-electron chi connectivity index (χ0n) is 10.1. The van der Waals surface area contributed by atoms with E-state index < -0.39 is 0 Å². The first-order valence-electron chi connectivity index (χ1n) is 5.69. The monoisotopic (exact) mass is 236 g/mol. The fourth-order valence-electron chi connectivity index (χ4n) is 1.87. The first-order valence-corrected chi connectivity index (χ1v) is 5.69. The molecule has 0 aromatic rings. The van der Waals surface area contributed by atoms with E-state index in [1.807, 2.05) is 0 Å². The van der Waals surface area contributed by atoms with Crippen LogP contribution in [0.5, 0.6) is 0 Å². The van der Waals surface area contributed by atoms with Gasteiger partial charge < -0.3 is 15.4 Å². The fraction of sp³-hybridized carbons (Fsp3) is 1.00. The Bertz CT molecular complexity index is 167. The van der Waals surface area contributed by atoms with Crippen molar-refractivity contribution in [2.24, 2.45) is 11.7 Å². The van der Waals surface area contributed by atoms with Gasteiger partial charge in [-0.05, 0) is 32.7 Å². The SMILES string of the molecule is CC(C)OCCN1CCC(N)C(C)C1.Cl. The van der Waals surface area contributed by atoms with E-state index >= 15 is 0 Å². The molecule has 1 heterocycles. The van der Waals surface area contributed by atoms with Gasteiger partial charge in [-0.15, -0.1) is 12.4 Å². The topological polar surface area (TPSA) is 38.5 Å². The van der Waals surface area contributed by atoms with E-state index in [9.17, 15) is 0 Å². The molecule has 2 atom stereocenters. The van der Waals surface area contributed by atoms with Gasteiger partial charge in [0.25, 0.3) is 0 Å². The Balaban J connectivity index is 0.00000196. The summed E-state index contributed by atoms with van der Waals surface area (Å²) in [5.74, 6) is 0.628. The second-order valence-corrected chi connectivity index (χ2v) is 4.65. The lowest BCUT2D eigenvalue weighted by molar-refractivity contribution is 0.0475. The second kappa shape index (κ2) is 7.44. The van der Waals surface area contributed by atoms with E-state index in [1.54, 1.807) is 0 Å². The summed E-state index contributed by atoms with van der Waals surface area (Å²) in [7, 11) is 0. The highest BCUT2D eigenvalue weighted by molar-refractivity contribution is 5.85. The molecule has 0 aliphatic carbocycles. The number of rotatable bonds is 4. The van der Waals surface area contributed by atoms with Gasteiger partial charge in [0.1, 0.15) is 0 Å². The lowest BCUT2D eigenvalue weighted by Gasteiger charge is -2.35. The van der Waals surface area contributed by atoms with Crippen LogP contribution in [0, 0.1) is 5.92 Å². The highest BCUT2D eigenvalue weighted by Gasteiger charge is 2.22. The molecule has 92 valence electrons. The Hall–Kier alpha value is 0.170. The van der Waals surface area contributed by atoms with Crippen LogP contribution in [0.4, 0.5) is 0 Å². The van der Waals surface area contributed by atoms with Gasteiger partial charge in [0.15, 0.2) is 0 Å². The molecule has 0 radical (unpaired) electrons. The van der Waals surface area contributed by atoms with Gasteiger partial charge in [-0.3, -0.25) is 0 Å². The molecule has 0 amide bonds. The molecule has 3 nitrogen and oxygen atoms in total. The van der Waals surface area contributed by atoms with E-state index in [4.69, 9.17) is 10.5 Å². The van der Waals surface area contributed by atoms with Crippen LogP contribution >= 0.6 is 12.4 Å². The van der Waals surface area contributed by atoms with E-state index in [2.05, 4.69) is 25.7 Å². The molecule has 0 saturated carbocycles. The number of piperidine rings is 1. The third-order valence-electron chi connectivity index (χ3n) is 2.91. The smallest absolute Gasteiger partial charge is 0.0596 e. The summed E-state index contributed by atoms with van der Waals surface area (Å²) >= 11 is 0. The van der Waals surface area contributed by atoms with Crippen molar-refractivity contribution >= 4 is 12.4 Å².